The van der Waals surface area contributed by atoms with Gasteiger partial charge >= 0.3 is 12.4 Å². The predicted molar refractivity (Wildman–Crippen MR) is 120 cm³/mol. The third-order valence-electron chi connectivity index (χ3n) is 5.24. The van der Waals surface area contributed by atoms with E-state index in [4.69, 9.17) is 26.6 Å². The average Bonchev–Trinajstić information content (AvgIpc) is 2.79. The van der Waals surface area contributed by atoms with E-state index in [1.54, 1.807) is 0 Å². The number of hydrogen-bond acceptors (Lipinski definition) is 5. The minimum absolute atomic E-state index is 0.0823. The molecular formula is C22H25ClF6NO4P. The molecular weight excluding hydrogens is 523 g/mol. The van der Waals surface area contributed by atoms with Crippen LogP contribution in [0.2, 0.25) is 5.02 Å². The van der Waals surface area contributed by atoms with E-state index >= 15 is 0 Å². The zero-order valence-corrected chi connectivity index (χ0v) is 20.3. The summed E-state index contributed by atoms with van der Waals surface area (Å²) >= 11 is 5.90. The normalized spacial score (nSPS) is 14.4. The second kappa shape index (κ2) is 12.5. The Morgan fingerprint density at radius 2 is 1.71 bits per heavy atom. The number of nitrogens with two attached hydrogens (primary N) is 1. The van der Waals surface area contributed by atoms with E-state index in [1.165, 1.54) is 18.2 Å². The second-order valence-corrected chi connectivity index (χ2v) is 8.94. The molecule has 0 radical (unpaired) electrons. The fraction of sp³-hybridized carbons (Fsp3) is 0.455. The topological polar surface area (TPSA) is 81.8 Å². The van der Waals surface area contributed by atoms with Crippen LogP contribution in [0.25, 0.3) is 0 Å². The third kappa shape index (κ3) is 8.99. The van der Waals surface area contributed by atoms with Crippen LogP contribution in [0, 0.1) is 0 Å². The van der Waals surface area contributed by atoms with Crippen molar-refractivity contribution >= 4 is 20.3 Å². The summed E-state index contributed by atoms with van der Waals surface area (Å²) in [5.74, 6) is -0.390. The van der Waals surface area contributed by atoms with Crippen LogP contribution < -0.4 is 10.5 Å². The van der Waals surface area contributed by atoms with Crippen LogP contribution in [0.1, 0.15) is 35.1 Å². The van der Waals surface area contributed by atoms with E-state index in [-0.39, 0.29) is 49.7 Å². The molecule has 0 aliphatic rings. The van der Waals surface area contributed by atoms with E-state index in [0.29, 0.717) is 11.1 Å². The van der Waals surface area contributed by atoms with Crippen molar-refractivity contribution in [2.45, 2.75) is 43.6 Å². The van der Waals surface area contributed by atoms with Gasteiger partial charge in [-0.3, -0.25) is 4.57 Å². The van der Waals surface area contributed by atoms with Crippen molar-refractivity contribution in [1.29, 1.82) is 0 Å². The van der Waals surface area contributed by atoms with Crippen molar-refractivity contribution in [1.82, 2.24) is 0 Å². The van der Waals surface area contributed by atoms with Crippen molar-refractivity contribution in [2.75, 3.05) is 19.8 Å². The number of halogens is 7. The van der Waals surface area contributed by atoms with Gasteiger partial charge in [0.1, 0.15) is 5.75 Å². The maximum atomic E-state index is 13.6. The van der Waals surface area contributed by atoms with Crippen LogP contribution in [-0.4, -0.2) is 30.5 Å². The Balaban J connectivity index is 2.02. The Morgan fingerprint density at radius 3 is 2.29 bits per heavy atom. The van der Waals surface area contributed by atoms with Crippen molar-refractivity contribution < 1.29 is 45.3 Å². The van der Waals surface area contributed by atoms with Gasteiger partial charge in [0.05, 0.1) is 36.5 Å². The maximum absolute atomic E-state index is 13.6. The number of rotatable bonds is 12. The summed E-state index contributed by atoms with van der Waals surface area (Å²) in [5.41, 5.74) is 3.55. The third-order valence-corrected chi connectivity index (χ3v) is 5.90. The molecule has 0 fully saturated rings. The van der Waals surface area contributed by atoms with Gasteiger partial charge in [0.2, 0.25) is 0 Å². The number of alkyl halides is 6. The summed E-state index contributed by atoms with van der Waals surface area (Å²) in [4.78, 5) is 0. The first-order chi connectivity index (χ1) is 16.3. The molecule has 196 valence electrons. The molecule has 5 nitrogen and oxygen atoms in total. The fourth-order valence-corrected chi connectivity index (χ4v) is 3.92. The minimum atomic E-state index is -4.70. The quantitative estimate of drug-likeness (QED) is 0.202. The van der Waals surface area contributed by atoms with E-state index in [9.17, 15) is 36.0 Å². The van der Waals surface area contributed by atoms with Gasteiger partial charge in [0, 0.05) is 5.02 Å². The standard InChI is InChI=1S/C22H25ClF6NO4P/c23-18-11-16(21(24,25)26)5-4-15(18)2-1-9-33-19-6-3-14(10-17(19)22(27,28)29)7-8-20(30,12-31)13-34-35-32/h3-6,10-11,31H,1-2,7-9,12-13,30,35H2. The number of ether oxygens (including phenoxy) is 1. The smallest absolute Gasteiger partial charge is 0.419 e. The van der Waals surface area contributed by atoms with Gasteiger partial charge in [0.25, 0.3) is 0 Å². The summed E-state index contributed by atoms with van der Waals surface area (Å²) < 4.78 is 99.6. The second-order valence-electron chi connectivity index (χ2n) is 8.01. The summed E-state index contributed by atoms with van der Waals surface area (Å²) in [6.45, 7) is -0.813. The lowest BCUT2D eigenvalue weighted by molar-refractivity contribution is -0.139. The van der Waals surface area contributed by atoms with Crippen LogP contribution in [0.5, 0.6) is 5.75 Å². The van der Waals surface area contributed by atoms with Crippen LogP contribution in [0.15, 0.2) is 36.4 Å². The lowest BCUT2D eigenvalue weighted by Crippen LogP contribution is -2.47. The van der Waals surface area contributed by atoms with Gasteiger partial charge in [-0.25, -0.2) is 0 Å². The highest BCUT2D eigenvalue weighted by molar-refractivity contribution is 7.17. The van der Waals surface area contributed by atoms with Gasteiger partial charge in [-0.2, -0.15) is 26.3 Å². The molecule has 0 spiro atoms. The Labute approximate surface area is 204 Å². The Kier molecular flexibility index (Phi) is 10.5. The van der Waals surface area contributed by atoms with E-state index < -0.39 is 44.3 Å². The van der Waals surface area contributed by atoms with Gasteiger partial charge in [-0.05, 0) is 61.1 Å². The maximum Gasteiger partial charge on any atom is 0.419 e. The number of hydrogen-bond donors (Lipinski definition) is 2. The number of aliphatic hydroxyl groups is 1. The molecule has 2 aromatic carbocycles. The molecule has 2 rings (SSSR count). The van der Waals surface area contributed by atoms with Gasteiger partial charge in [-0.15, -0.1) is 0 Å². The van der Waals surface area contributed by atoms with Gasteiger partial charge < -0.3 is 20.1 Å². The highest BCUT2D eigenvalue weighted by Gasteiger charge is 2.35. The van der Waals surface area contributed by atoms with E-state index in [1.807, 2.05) is 0 Å². The SMILES string of the molecule is NC(CO)(CCc1ccc(OCCCc2ccc(C(F)(F)F)cc2Cl)c(C(F)(F)F)c1)CO[PH2]=O. The largest absolute Gasteiger partial charge is 0.493 e. The molecule has 2 atom stereocenters. The number of aryl methyl sites for hydroxylation is 2. The molecule has 0 saturated carbocycles. The molecule has 2 unspecified atom stereocenters. The first kappa shape index (κ1) is 29.5. The van der Waals surface area contributed by atoms with Gasteiger partial charge in [-0.1, -0.05) is 23.7 Å². The summed E-state index contributed by atoms with van der Waals surface area (Å²) in [7, 11) is -1.53. The molecule has 0 bridgehead atoms. The molecule has 0 saturated heterocycles. The molecule has 0 amide bonds. The first-order valence-corrected chi connectivity index (χ1v) is 11.7. The minimum Gasteiger partial charge on any atom is -0.493 e. The molecule has 3 N–H and O–H groups in total. The zero-order chi connectivity index (χ0) is 26.3. The Bertz CT molecular complexity index is 1000. The van der Waals surface area contributed by atoms with E-state index in [0.717, 1.165) is 18.2 Å². The summed E-state index contributed by atoms with van der Waals surface area (Å²) in [6.07, 6.45) is -8.60. The predicted octanol–water partition coefficient (Wildman–Crippen LogP) is 5.70. The summed E-state index contributed by atoms with van der Waals surface area (Å²) in [5, 5.41) is 9.35. The molecule has 0 aromatic heterocycles. The van der Waals surface area contributed by atoms with Crippen LogP contribution in [0.3, 0.4) is 0 Å². The van der Waals surface area contributed by atoms with Crippen LogP contribution >= 0.6 is 20.3 Å². The molecule has 35 heavy (non-hydrogen) atoms. The van der Waals surface area contributed by atoms with Crippen LogP contribution in [-0.2, 0) is 34.3 Å². The number of aliphatic hydroxyl groups excluding tert-OH is 1. The molecule has 0 heterocycles. The molecule has 0 aliphatic heterocycles. The fourth-order valence-electron chi connectivity index (χ4n) is 3.24. The van der Waals surface area contributed by atoms with Crippen molar-refractivity contribution in [3.8, 4) is 5.75 Å². The monoisotopic (exact) mass is 547 g/mol. The molecule has 2 aromatic rings. The van der Waals surface area contributed by atoms with Crippen molar-refractivity contribution in [3.05, 3.63) is 63.7 Å². The first-order valence-electron chi connectivity index (χ1n) is 10.4. The highest BCUT2D eigenvalue weighted by Crippen LogP contribution is 2.37. The molecule has 13 heteroatoms. The van der Waals surface area contributed by atoms with Crippen LogP contribution in [0.4, 0.5) is 26.3 Å². The highest BCUT2D eigenvalue weighted by atomic mass is 35.5. The Morgan fingerprint density at radius 1 is 1.00 bits per heavy atom. The number of benzene rings is 2. The average molecular weight is 548 g/mol. The van der Waals surface area contributed by atoms with Crippen molar-refractivity contribution in [3.63, 3.8) is 0 Å². The Hall–Kier alpha value is -1.78. The molecule has 0 aliphatic carbocycles. The van der Waals surface area contributed by atoms with Gasteiger partial charge in [0.15, 0.2) is 8.69 Å². The zero-order valence-electron chi connectivity index (χ0n) is 18.4. The lowest BCUT2D eigenvalue weighted by Gasteiger charge is -2.26. The summed E-state index contributed by atoms with van der Waals surface area (Å²) in [6, 6.07) is 6.48. The lowest BCUT2D eigenvalue weighted by atomic mass is 9.93. The van der Waals surface area contributed by atoms with E-state index in [2.05, 4.69) is 0 Å². The van der Waals surface area contributed by atoms with Crippen molar-refractivity contribution in [2.24, 2.45) is 5.73 Å².